The van der Waals surface area contributed by atoms with Crippen molar-refractivity contribution >= 4 is 11.8 Å². The Bertz CT molecular complexity index is 738. The second-order valence-corrected chi connectivity index (χ2v) is 6.38. The molecule has 0 spiro atoms. The number of hydrogen-bond donors (Lipinski definition) is 1. The van der Waals surface area contributed by atoms with Crippen LogP contribution in [0.1, 0.15) is 41.4 Å². The molecule has 1 aromatic heterocycles. The Labute approximate surface area is 141 Å². The van der Waals surface area contributed by atoms with Crippen molar-refractivity contribution in [3.63, 3.8) is 0 Å². The van der Waals surface area contributed by atoms with Crippen LogP contribution in [0.3, 0.4) is 0 Å². The van der Waals surface area contributed by atoms with E-state index >= 15 is 0 Å². The number of amides is 2. The molecule has 1 aromatic carbocycles. The third-order valence-electron chi connectivity index (χ3n) is 4.80. The van der Waals surface area contributed by atoms with Crippen LogP contribution < -0.4 is 5.32 Å². The van der Waals surface area contributed by atoms with Crippen LogP contribution >= 0.6 is 0 Å². The molecule has 1 unspecified atom stereocenters. The van der Waals surface area contributed by atoms with Gasteiger partial charge in [0, 0.05) is 24.2 Å². The van der Waals surface area contributed by atoms with Gasteiger partial charge in [0.15, 0.2) is 0 Å². The van der Waals surface area contributed by atoms with Gasteiger partial charge >= 0.3 is 0 Å². The first-order valence-corrected chi connectivity index (χ1v) is 8.20. The molecule has 0 saturated carbocycles. The number of rotatable bonds is 4. The number of carbonyl (C=O) groups is 2. The molecule has 0 aliphatic carbocycles. The molecule has 3 rings (SSSR count). The predicted octanol–water partition coefficient (Wildman–Crippen LogP) is 2.90. The molecule has 1 aliphatic rings. The quantitative estimate of drug-likeness (QED) is 0.939. The Balaban J connectivity index is 1.73. The van der Waals surface area contributed by atoms with E-state index < -0.39 is 5.54 Å². The Morgan fingerprint density at radius 3 is 2.67 bits per heavy atom. The van der Waals surface area contributed by atoms with Gasteiger partial charge in [-0.05, 0) is 44.9 Å². The van der Waals surface area contributed by atoms with Gasteiger partial charge in [0.25, 0.3) is 5.91 Å². The van der Waals surface area contributed by atoms with Crippen LogP contribution in [-0.2, 0) is 11.3 Å². The van der Waals surface area contributed by atoms with Crippen LogP contribution in [0, 0.1) is 6.92 Å². The van der Waals surface area contributed by atoms with Gasteiger partial charge in [0.2, 0.25) is 5.91 Å². The minimum Gasteiger partial charge on any atom is -0.469 e. The summed E-state index contributed by atoms with van der Waals surface area (Å²) in [5, 5.41) is 2.95. The summed E-state index contributed by atoms with van der Waals surface area (Å²) in [5.74, 6) is 0.583. The number of furan rings is 1. The molecule has 5 nitrogen and oxygen atoms in total. The van der Waals surface area contributed by atoms with E-state index in [0.717, 1.165) is 17.7 Å². The van der Waals surface area contributed by atoms with Crippen LogP contribution in [0.4, 0.5) is 0 Å². The highest BCUT2D eigenvalue weighted by molar-refractivity contribution is 5.99. The third-order valence-corrected chi connectivity index (χ3v) is 4.80. The summed E-state index contributed by atoms with van der Waals surface area (Å²) in [6.45, 7) is 4.72. The molecule has 1 atom stereocenters. The van der Waals surface area contributed by atoms with Crippen molar-refractivity contribution in [2.75, 3.05) is 6.54 Å². The van der Waals surface area contributed by atoms with Gasteiger partial charge < -0.3 is 14.6 Å². The molecular weight excluding hydrogens is 304 g/mol. The molecule has 1 saturated heterocycles. The van der Waals surface area contributed by atoms with Crippen LogP contribution in [0.5, 0.6) is 0 Å². The fourth-order valence-electron chi connectivity index (χ4n) is 3.22. The molecule has 2 amide bonds. The number of aryl methyl sites for hydroxylation is 1. The van der Waals surface area contributed by atoms with Crippen molar-refractivity contribution in [1.29, 1.82) is 0 Å². The topological polar surface area (TPSA) is 62.6 Å². The molecule has 2 aromatic rings. The van der Waals surface area contributed by atoms with E-state index in [9.17, 15) is 9.59 Å². The lowest BCUT2D eigenvalue weighted by Crippen LogP contribution is -2.55. The first-order chi connectivity index (χ1) is 11.5. The number of nitrogens with zero attached hydrogens (tertiary/aromatic N) is 1. The number of likely N-dealkylation sites (tertiary alicyclic amines) is 1. The summed E-state index contributed by atoms with van der Waals surface area (Å²) >= 11 is 0. The van der Waals surface area contributed by atoms with E-state index in [0.29, 0.717) is 25.1 Å². The van der Waals surface area contributed by atoms with E-state index in [1.165, 1.54) is 0 Å². The fourth-order valence-corrected chi connectivity index (χ4v) is 3.22. The molecule has 1 fully saturated rings. The average Bonchev–Trinajstić information content (AvgIpc) is 3.19. The summed E-state index contributed by atoms with van der Waals surface area (Å²) in [7, 11) is 0. The molecule has 1 aliphatic heterocycles. The second-order valence-electron chi connectivity index (χ2n) is 6.38. The van der Waals surface area contributed by atoms with Gasteiger partial charge in [0.1, 0.15) is 11.3 Å². The number of carbonyl (C=O) groups excluding carboxylic acids is 2. The van der Waals surface area contributed by atoms with Crippen molar-refractivity contribution < 1.29 is 14.0 Å². The molecular formula is C19H22N2O3. The minimum atomic E-state index is -0.815. The van der Waals surface area contributed by atoms with Crippen LogP contribution in [0.2, 0.25) is 0 Å². The van der Waals surface area contributed by atoms with Crippen molar-refractivity contribution in [3.05, 3.63) is 59.5 Å². The van der Waals surface area contributed by atoms with Crippen LogP contribution in [0.25, 0.3) is 0 Å². The smallest absolute Gasteiger partial charge is 0.254 e. The Kier molecular flexibility index (Phi) is 4.42. The van der Waals surface area contributed by atoms with Gasteiger partial charge in [-0.25, -0.2) is 0 Å². The highest BCUT2D eigenvalue weighted by Crippen LogP contribution is 2.31. The average molecular weight is 326 g/mol. The Hall–Kier alpha value is -2.56. The Morgan fingerprint density at radius 1 is 1.25 bits per heavy atom. The summed E-state index contributed by atoms with van der Waals surface area (Å²) in [5.41, 5.74) is 0.750. The SMILES string of the molecule is Cc1occc1CNC(=O)C1(C)CCCN1C(=O)c1ccccc1. The highest BCUT2D eigenvalue weighted by Gasteiger charge is 2.45. The lowest BCUT2D eigenvalue weighted by molar-refractivity contribution is -0.130. The third kappa shape index (κ3) is 2.94. The van der Waals surface area contributed by atoms with Gasteiger partial charge in [-0.1, -0.05) is 18.2 Å². The number of nitrogens with one attached hydrogen (secondary N) is 1. The standard InChI is InChI=1S/C19H22N2O3/c1-14-16(9-12-24-14)13-20-18(23)19(2)10-6-11-21(19)17(22)15-7-4-3-5-8-15/h3-5,7-9,12H,6,10-11,13H2,1-2H3,(H,20,23). The Morgan fingerprint density at radius 2 is 2.00 bits per heavy atom. The first kappa shape index (κ1) is 16.3. The van der Waals surface area contributed by atoms with Gasteiger partial charge in [-0.15, -0.1) is 0 Å². The van der Waals surface area contributed by atoms with Crippen molar-refractivity contribution in [2.45, 2.75) is 38.8 Å². The molecule has 2 heterocycles. The molecule has 1 N–H and O–H groups in total. The monoisotopic (exact) mass is 326 g/mol. The minimum absolute atomic E-state index is 0.0924. The van der Waals surface area contributed by atoms with Crippen molar-refractivity contribution in [1.82, 2.24) is 10.2 Å². The van der Waals surface area contributed by atoms with E-state index in [1.54, 1.807) is 23.3 Å². The van der Waals surface area contributed by atoms with Crippen molar-refractivity contribution in [3.8, 4) is 0 Å². The summed E-state index contributed by atoms with van der Waals surface area (Å²) < 4.78 is 5.25. The van der Waals surface area contributed by atoms with E-state index in [4.69, 9.17) is 4.42 Å². The van der Waals surface area contributed by atoms with Crippen LogP contribution in [-0.4, -0.2) is 28.8 Å². The largest absolute Gasteiger partial charge is 0.469 e. The maximum Gasteiger partial charge on any atom is 0.254 e. The maximum absolute atomic E-state index is 12.8. The summed E-state index contributed by atoms with van der Waals surface area (Å²) in [4.78, 5) is 27.3. The van der Waals surface area contributed by atoms with E-state index in [-0.39, 0.29) is 11.8 Å². The maximum atomic E-state index is 12.8. The molecule has 24 heavy (non-hydrogen) atoms. The summed E-state index contributed by atoms with van der Waals surface area (Å²) in [6, 6.07) is 11.0. The molecule has 5 heteroatoms. The lowest BCUT2D eigenvalue weighted by atomic mass is 9.96. The van der Waals surface area contributed by atoms with Crippen LogP contribution in [0.15, 0.2) is 47.1 Å². The fraction of sp³-hybridized carbons (Fsp3) is 0.368. The van der Waals surface area contributed by atoms with E-state index in [2.05, 4.69) is 5.32 Å². The molecule has 0 radical (unpaired) electrons. The molecule has 0 bridgehead atoms. The normalized spacial score (nSPS) is 20.2. The molecule has 126 valence electrons. The highest BCUT2D eigenvalue weighted by atomic mass is 16.3. The second kappa shape index (κ2) is 6.51. The lowest BCUT2D eigenvalue weighted by Gasteiger charge is -2.34. The predicted molar refractivity (Wildman–Crippen MR) is 90.4 cm³/mol. The first-order valence-electron chi connectivity index (χ1n) is 8.20. The zero-order chi connectivity index (χ0) is 17.2. The van der Waals surface area contributed by atoms with Crippen molar-refractivity contribution in [2.24, 2.45) is 0 Å². The number of hydrogen-bond acceptors (Lipinski definition) is 3. The zero-order valence-corrected chi connectivity index (χ0v) is 14.0. The number of benzene rings is 1. The van der Waals surface area contributed by atoms with Gasteiger partial charge in [-0.2, -0.15) is 0 Å². The summed E-state index contributed by atoms with van der Waals surface area (Å²) in [6.07, 6.45) is 3.11. The van der Waals surface area contributed by atoms with Gasteiger partial charge in [-0.3, -0.25) is 9.59 Å². The van der Waals surface area contributed by atoms with Gasteiger partial charge in [0.05, 0.1) is 6.26 Å². The zero-order valence-electron chi connectivity index (χ0n) is 14.0. The van der Waals surface area contributed by atoms with E-state index in [1.807, 2.05) is 38.1 Å².